The second-order valence-corrected chi connectivity index (χ2v) is 5.00. The number of imidazole rings is 1. The summed E-state index contributed by atoms with van der Waals surface area (Å²) in [6.45, 7) is 2.29. The highest BCUT2D eigenvalue weighted by molar-refractivity contribution is 5.78. The quantitative estimate of drug-likeness (QED) is 0.743. The molecule has 3 N–H and O–H groups in total. The van der Waals surface area contributed by atoms with Crippen LogP contribution in [0.4, 0.5) is 5.69 Å². The van der Waals surface area contributed by atoms with E-state index >= 15 is 0 Å². The number of fused-ring (bicyclic) bond motifs is 1. The standard InChI is InChI=1S/C13H17N3O/c1-8-3-2-4-10(8)14-9-5-6-11-12(7-9)16-13(17)15-11/h5-8,10,14H,2-4H2,1H3,(H2,15,16,17). The lowest BCUT2D eigenvalue weighted by molar-refractivity contribution is 0.556. The molecule has 1 aromatic carbocycles. The fraction of sp³-hybridized carbons (Fsp3) is 0.462. The van der Waals surface area contributed by atoms with Gasteiger partial charge in [-0.15, -0.1) is 0 Å². The molecule has 3 rings (SSSR count). The number of nitrogens with one attached hydrogen (secondary N) is 3. The number of anilines is 1. The Bertz CT molecular complexity index is 584. The molecule has 0 amide bonds. The minimum absolute atomic E-state index is 0.147. The van der Waals surface area contributed by atoms with Gasteiger partial charge in [-0.25, -0.2) is 4.79 Å². The number of hydrogen-bond donors (Lipinski definition) is 3. The van der Waals surface area contributed by atoms with E-state index in [1.54, 1.807) is 0 Å². The Morgan fingerprint density at radius 2 is 2.06 bits per heavy atom. The normalized spacial score (nSPS) is 24.3. The van der Waals surface area contributed by atoms with Crippen molar-refractivity contribution in [1.82, 2.24) is 9.97 Å². The van der Waals surface area contributed by atoms with Gasteiger partial charge in [0, 0.05) is 11.7 Å². The molecule has 1 aliphatic rings. The van der Waals surface area contributed by atoms with Crippen LogP contribution < -0.4 is 11.0 Å². The van der Waals surface area contributed by atoms with Crippen molar-refractivity contribution in [3.8, 4) is 0 Å². The molecule has 1 saturated carbocycles. The molecule has 1 aromatic heterocycles. The van der Waals surface area contributed by atoms with Gasteiger partial charge < -0.3 is 15.3 Å². The summed E-state index contributed by atoms with van der Waals surface area (Å²) in [7, 11) is 0. The van der Waals surface area contributed by atoms with Gasteiger partial charge in [0.1, 0.15) is 0 Å². The minimum Gasteiger partial charge on any atom is -0.382 e. The Balaban J connectivity index is 1.87. The van der Waals surface area contributed by atoms with Gasteiger partial charge in [0.25, 0.3) is 0 Å². The summed E-state index contributed by atoms with van der Waals surface area (Å²) in [5.41, 5.74) is 2.67. The van der Waals surface area contributed by atoms with E-state index in [0.717, 1.165) is 22.6 Å². The van der Waals surface area contributed by atoms with E-state index in [0.29, 0.717) is 6.04 Å². The van der Waals surface area contributed by atoms with Crippen LogP contribution >= 0.6 is 0 Å². The van der Waals surface area contributed by atoms with Crippen molar-refractivity contribution >= 4 is 16.7 Å². The summed E-state index contributed by atoms with van der Waals surface area (Å²) in [5.74, 6) is 0.732. The molecule has 0 aliphatic heterocycles. The summed E-state index contributed by atoms with van der Waals surface area (Å²) in [6.07, 6.45) is 3.85. The third-order valence-electron chi connectivity index (χ3n) is 3.73. The Morgan fingerprint density at radius 3 is 2.82 bits per heavy atom. The second-order valence-electron chi connectivity index (χ2n) is 5.00. The smallest absolute Gasteiger partial charge is 0.323 e. The summed E-state index contributed by atoms with van der Waals surface area (Å²) in [6, 6.07) is 6.53. The van der Waals surface area contributed by atoms with Crippen LogP contribution in [0.15, 0.2) is 23.0 Å². The van der Waals surface area contributed by atoms with Crippen molar-refractivity contribution in [3.05, 3.63) is 28.7 Å². The van der Waals surface area contributed by atoms with Crippen molar-refractivity contribution in [1.29, 1.82) is 0 Å². The van der Waals surface area contributed by atoms with Gasteiger partial charge in [0.15, 0.2) is 0 Å². The lowest BCUT2D eigenvalue weighted by atomic mass is 10.1. The fourth-order valence-corrected chi connectivity index (χ4v) is 2.70. The predicted octanol–water partition coefficient (Wildman–Crippen LogP) is 2.46. The Hall–Kier alpha value is -1.71. The zero-order valence-electron chi connectivity index (χ0n) is 9.92. The molecule has 0 bridgehead atoms. The van der Waals surface area contributed by atoms with Crippen LogP contribution in [0.5, 0.6) is 0 Å². The summed E-state index contributed by atoms with van der Waals surface area (Å²) in [4.78, 5) is 16.7. The van der Waals surface area contributed by atoms with E-state index in [1.807, 2.05) is 18.2 Å². The number of benzene rings is 1. The van der Waals surface area contributed by atoms with Crippen LogP contribution in [0.3, 0.4) is 0 Å². The highest BCUT2D eigenvalue weighted by atomic mass is 16.1. The lowest BCUT2D eigenvalue weighted by Gasteiger charge is -2.18. The first-order valence-electron chi connectivity index (χ1n) is 6.21. The van der Waals surface area contributed by atoms with Gasteiger partial charge in [-0.05, 0) is 37.0 Å². The predicted molar refractivity (Wildman–Crippen MR) is 69.3 cm³/mol. The monoisotopic (exact) mass is 231 g/mol. The first-order valence-corrected chi connectivity index (χ1v) is 6.21. The van der Waals surface area contributed by atoms with E-state index < -0.39 is 0 Å². The van der Waals surface area contributed by atoms with Crippen LogP contribution in [0, 0.1) is 5.92 Å². The van der Waals surface area contributed by atoms with Crippen molar-refractivity contribution in [2.45, 2.75) is 32.2 Å². The number of hydrogen-bond acceptors (Lipinski definition) is 2. The van der Waals surface area contributed by atoms with Crippen molar-refractivity contribution in [2.24, 2.45) is 5.92 Å². The molecule has 1 heterocycles. The van der Waals surface area contributed by atoms with Crippen LogP contribution in [0.2, 0.25) is 0 Å². The average molecular weight is 231 g/mol. The second kappa shape index (κ2) is 3.95. The zero-order valence-corrected chi connectivity index (χ0v) is 9.92. The molecular formula is C13H17N3O. The van der Waals surface area contributed by atoms with E-state index in [2.05, 4.69) is 22.2 Å². The molecule has 0 spiro atoms. The Labute approximate surface area is 99.4 Å². The van der Waals surface area contributed by atoms with Crippen LogP contribution in [-0.2, 0) is 0 Å². The molecule has 0 radical (unpaired) electrons. The van der Waals surface area contributed by atoms with Crippen LogP contribution in [-0.4, -0.2) is 16.0 Å². The van der Waals surface area contributed by atoms with Gasteiger partial charge >= 0.3 is 5.69 Å². The molecule has 0 saturated heterocycles. The molecule has 1 fully saturated rings. The number of rotatable bonds is 2. The fourth-order valence-electron chi connectivity index (χ4n) is 2.70. The molecule has 2 aromatic rings. The maximum Gasteiger partial charge on any atom is 0.323 e. The van der Waals surface area contributed by atoms with Crippen LogP contribution in [0.25, 0.3) is 11.0 Å². The van der Waals surface area contributed by atoms with Crippen molar-refractivity contribution < 1.29 is 0 Å². The van der Waals surface area contributed by atoms with Gasteiger partial charge in [-0.3, -0.25) is 0 Å². The third-order valence-corrected chi connectivity index (χ3v) is 3.73. The molecule has 2 unspecified atom stereocenters. The maximum absolute atomic E-state index is 11.2. The molecule has 4 heteroatoms. The highest BCUT2D eigenvalue weighted by Gasteiger charge is 2.22. The molecule has 17 heavy (non-hydrogen) atoms. The van der Waals surface area contributed by atoms with Gasteiger partial charge in [-0.1, -0.05) is 13.3 Å². The molecular weight excluding hydrogens is 214 g/mol. The van der Waals surface area contributed by atoms with E-state index in [9.17, 15) is 4.79 Å². The van der Waals surface area contributed by atoms with E-state index in [4.69, 9.17) is 0 Å². The minimum atomic E-state index is -0.147. The zero-order chi connectivity index (χ0) is 11.8. The summed E-state index contributed by atoms with van der Waals surface area (Å²) in [5, 5.41) is 3.56. The highest BCUT2D eigenvalue weighted by Crippen LogP contribution is 2.28. The molecule has 90 valence electrons. The average Bonchev–Trinajstić information content (AvgIpc) is 2.84. The van der Waals surface area contributed by atoms with Crippen molar-refractivity contribution in [3.63, 3.8) is 0 Å². The topological polar surface area (TPSA) is 60.7 Å². The van der Waals surface area contributed by atoms with Gasteiger partial charge in [0.05, 0.1) is 11.0 Å². The maximum atomic E-state index is 11.2. The van der Waals surface area contributed by atoms with E-state index in [-0.39, 0.29) is 5.69 Å². The molecule has 1 aliphatic carbocycles. The number of H-pyrrole nitrogens is 2. The summed E-state index contributed by atoms with van der Waals surface area (Å²) >= 11 is 0. The SMILES string of the molecule is CC1CCCC1Nc1ccc2[nH]c(=O)[nH]c2c1. The van der Waals surface area contributed by atoms with Gasteiger partial charge in [0.2, 0.25) is 0 Å². The largest absolute Gasteiger partial charge is 0.382 e. The Kier molecular flexibility index (Phi) is 2.42. The number of aromatic nitrogens is 2. The first kappa shape index (κ1) is 10.4. The number of aromatic amines is 2. The van der Waals surface area contributed by atoms with E-state index in [1.165, 1.54) is 19.3 Å². The van der Waals surface area contributed by atoms with Gasteiger partial charge in [-0.2, -0.15) is 0 Å². The summed E-state index contributed by atoms with van der Waals surface area (Å²) < 4.78 is 0. The molecule has 4 nitrogen and oxygen atoms in total. The first-order chi connectivity index (χ1) is 8.22. The molecule has 2 atom stereocenters. The Morgan fingerprint density at radius 1 is 1.24 bits per heavy atom. The third kappa shape index (κ3) is 1.95. The van der Waals surface area contributed by atoms with Crippen molar-refractivity contribution in [2.75, 3.05) is 5.32 Å². The van der Waals surface area contributed by atoms with Crippen LogP contribution in [0.1, 0.15) is 26.2 Å². The lowest BCUT2D eigenvalue weighted by Crippen LogP contribution is -2.21.